The van der Waals surface area contributed by atoms with Crippen LogP contribution in [0.4, 0.5) is 4.79 Å². The summed E-state index contributed by atoms with van der Waals surface area (Å²) in [6, 6.07) is 9.16. The largest absolute Gasteiger partial charge is 0.439 e. The zero-order chi connectivity index (χ0) is 12.9. The monoisotopic (exact) mass is 237 g/mol. The number of nitrogens with one attached hydrogen (secondary N) is 1. The molecule has 94 valence electrons. The van der Waals surface area contributed by atoms with Crippen molar-refractivity contribution < 1.29 is 14.6 Å². The number of rotatable bonds is 3. The number of hydrogen-bond acceptors (Lipinski definition) is 3. The van der Waals surface area contributed by atoms with Gasteiger partial charge >= 0.3 is 6.09 Å². The fourth-order valence-corrected chi connectivity index (χ4v) is 1.34. The van der Waals surface area contributed by atoms with Gasteiger partial charge in [-0.25, -0.2) is 4.79 Å². The maximum absolute atomic E-state index is 11.6. The van der Waals surface area contributed by atoms with Crippen molar-refractivity contribution in [2.75, 3.05) is 6.61 Å². The molecular formula is C13H19NO3. The normalized spacial score (nSPS) is 12.9. The van der Waals surface area contributed by atoms with E-state index in [1.165, 1.54) is 0 Å². The van der Waals surface area contributed by atoms with Crippen molar-refractivity contribution in [2.24, 2.45) is 0 Å². The smallest absolute Gasteiger partial charge is 0.408 e. The summed E-state index contributed by atoms with van der Waals surface area (Å²) in [5, 5.41) is 11.9. The van der Waals surface area contributed by atoms with Crippen LogP contribution in [-0.2, 0) is 4.74 Å². The lowest BCUT2D eigenvalue weighted by atomic mass is 10.1. The van der Waals surface area contributed by atoms with E-state index in [9.17, 15) is 9.90 Å². The molecule has 0 aliphatic rings. The van der Waals surface area contributed by atoms with Crippen LogP contribution in [0, 0.1) is 0 Å². The minimum absolute atomic E-state index is 0.235. The van der Waals surface area contributed by atoms with Crippen molar-refractivity contribution in [3.8, 4) is 0 Å². The van der Waals surface area contributed by atoms with Crippen LogP contribution < -0.4 is 5.32 Å². The summed E-state index contributed by atoms with van der Waals surface area (Å²) in [6.45, 7) is 5.36. The number of ether oxygens (including phenoxy) is 1. The predicted octanol–water partition coefficient (Wildman–Crippen LogP) is 2.24. The van der Waals surface area contributed by atoms with Gasteiger partial charge in [-0.15, -0.1) is 0 Å². The van der Waals surface area contributed by atoms with E-state index in [1.807, 2.05) is 51.1 Å². The van der Waals surface area contributed by atoms with Crippen molar-refractivity contribution in [2.45, 2.75) is 32.4 Å². The number of aliphatic hydroxyl groups is 1. The number of hydrogen-bond donors (Lipinski definition) is 2. The van der Waals surface area contributed by atoms with Gasteiger partial charge in [-0.2, -0.15) is 0 Å². The Balaban J connectivity index is 2.62. The van der Waals surface area contributed by atoms with Crippen LogP contribution in [0.15, 0.2) is 30.3 Å². The third-order valence-electron chi connectivity index (χ3n) is 2.06. The topological polar surface area (TPSA) is 58.6 Å². The fourth-order valence-electron chi connectivity index (χ4n) is 1.34. The van der Waals surface area contributed by atoms with E-state index in [0.717, 1.165) is 5.56 Å². The SMILES string of the molecule is CC(C)(C)NC(=O)OC(CO)c1ccccc1. The summed E-state index contributed by atoms with van der Waals surface area (Å²) in [7, 11) is 0. The highest BCUT2D eigenvalue weighted by Crippen LogP contribution is 2.16. The van der Waals surface area contributed by atoms with E-state index in [-0.39, 0.29) is 12.1 Å². The van der Waals surface area contributed by atoms with Crippen molar-refractivity contribution in [3.05, 3.63) is 35.9 Å². The summed E-state index contributed by atoms with van der Waals surface area (Å²) in [6.07, 6.45) is -1.15. The third kappa shape index (κ3) is 4.87. The molecule has 0 saturated heterocycles. The van der Waals surface area contributed by atoms with Crippen LogP contribution in [0.3, 0.4) is 0 Å². The zero-order valence-electron chi connectivity index (χ0n) is 10.4. The molecule has 1 atom stereocenters. The number of benzene rings is 1. The van der Waals surface area contributed by atoms with Crippen LogP contribution in [0.1, 0.15) is 32.4 Å². The lowest BCUT2D eigenvalue weighted by molar-refractivity contribution is 0.0530. The second-order valence-electron chi connectivity index (χ2n) is 4.86. The highest BCUT2D eigenvalue weighted by atomic mass is 16.6. The molecule has 0 fully saturated rings. The lowest BCUT2D eigenvalue weighted by Crippen LogP contribution is -2.41. The molecule has 0 bridgehead atoms. The molecule has 4 heteroatoms. The van der Waals surface area contributed by atoms with Crippen LogP contribution in [0.25, 0.3) is 0 Å². The first kappa shape index (κ1) is 13.5. The molecule has 0 heterocycles. The Hall–Kier alpha value is -1.55. The summed E-state index contributed by atoms with van der Waals surface area (Å²) < 4.78 is 5.16. The molecule has 0 radical (unpaired) electrons. The van der Waals surface area contributed by atoms with E-state index in [1.54, 1.807) is 0 Å². The molecule has 0 aliphatic carbocycles. The number of alkyl carbamates (subject to hydrolysis) is 1. The Morgan fingerprint density at radius 1 is 1.35 bits per heavy atom. The van der Waals surface area contributed by atoms with Gasteiger partial charge in [0, 0.05) is 5.54 Å². The molecule has 1 aromatic carbocycles. The maximum Gasteiger partial charge on any atom is 0.408 e. The molecule has 0 aliphatic heterocycles. The van der Waals surface area contributed by atoms with E-state index < -0.39 is 12.2 Å². The number of amides is 1. The summed E-state index contributed by atoms with van der Waals surface area (Å²) in [5.41, 5.74) is 0.424. The lowest BCUT2D eigenvalue weighted by Gasteiger charge is -2.23. The molecule has 0 aromatic heterocycles. The van der Waals surface area contributed by atoms with E-state index in [0.29, 0.717) is 0 Å². The molecule has 1 amide bonds. The number of carbonyl (C=O) groups excluding carboxylic acids is 1. The third-order valence-corrected chi connectivity index (χ3v) is 2.06. The van der Waals surface area contributed by atoms with Crippen molar-refractivity contribution in [3.63, 3.8) is 0 Å². The van der Waals surface area contributed by atoms with Crippen LogP contribution in [0.2, 0.25) is 0 Å². The van der Waals surface area contributed by atoms with Gasteiger partial charge in [-0.05, 0) is 26.3 Å². The van der Waals surface area contributed by atoms with Crippen molar-refractivity contribution in [1.29, 1.82) is 0 Å². The Kier molecular flexibility index (Phi) is 4.52. The Morgan fingerprint density at radius 3 is 2.41 bits per heavy atom. The minimum Gasteiger partial charge on any atom is -0.439 e. The standard InChI is InChI=1S/C13H19NO3/c1-13(2,3)14-12(16)17-11(9-15)10-7-5-4-6-8-10/h4-8,11,15H,9H2,1-3H3,(H,14,16). The minimum atomic E-state index is -0.626. The Labute approximate surface area is 102 Å². The Morgan fingerprint density at radius 2 is 1.94 bits per heavy atom. The van der Waals surface area contributed by atoms with Gasteiger partial charge < -0.3 is 15.2 Å². The Bertz CT molecular complexity index is 357. The van der Waals surface area contributed by atoms with E-state index in [2.05, 4.69) is 5.32 Å². The summed E-state index contributed by atoms with van der Waals surface area (Å²) in [4.78, 5) is 11.6. The van der Waals surface area contributed by atoms with Crippen LogP contribution in [-0.4, -0.2) is 23.3 Å². The van der Waals surface area contributed by atoms with Gasteiger partial charge in [0.25, 0.3) is 0 Å². The van der Waals surface area contributed by atoms with E-state index in [4.69, 9.17) is 4.74 Å². The highest BCUT2D eigenvalue weighted by Gasteiger charge is 2.19. The maximum atomic E-state index is 11.6. The van der Waals surface area contributed by atoms with E-state index >= 15 is 0 Å². The van der Waals surface area contributed by atoms with Gasteiger partial charge in [0.2, 0.25) is 0 Å². The molecule has 2 N–H and O–H groups in total. The van der Waals surface area contributed by atoms with Crippen molar-refractivity contribution >= 4 is 6.09 Å². The first-order valence-corrected chi connectivity index (χ1v) is 5.57. The van der Waals surface area contributed by atoms with Crippen LogP contribution in [0.5, 0.6) is 0 Å². The molecule has 1 rings (SSSR count). The number of carbonyl (C=O) groups is 1. The van der Waals surface area contributed by atoms with Crippen LogP contribution >= 0.6 is 0 Å². The molecule has 0 spiro atoms. The first-order valence-electron chi connectivity index (χ1n) is 5.57. The average Bonchev–Trinajstić information content (AvgIpc) is 2.24. The average molecular weight is 237 g/mol. The van der Waals surface area contributed by atoms with Crippen molar-refractivity contribution in [1.82, 2.24) is 5.32 Å². The quantitative estimate of drug-likeness (QED) is 0.847. The predicted molar refractivity (Wildman–Crippen MR) is 65.6 cm³/mol. The molecule has 4 nitrogen and oxygen atoms in total. The second kappa shape index (κ2) is 5.68. The van der Waals surface area contributed by atoms with Gasteiger partial charge in [0.1, 0.15) is 0 Å². The molecule has 0 saturated carbocycles. The highest BCUT2D eigenvalue weighted by molar-refractivity contribution is 5.68. The fraction of sp³-hybridized carbons (Fsp3) is 0.462. The van der Waals surface area contributed by atoms with Gasteiger partial charge in [0.05, 0.1) is 6.61 Å². The first-order chi connectivity index (χ1) is 7.92. The molecule has 1 aromatic rings. The second-order valence-corrected chi connectivity index (χ2v) is 4.86. The van der Waals surface area contributed by atoms with Gasteiger partial charge in [-0.1, -0.05) is 30.3 Å². The van der Waals surface area contributed by atoms with Gasteiger partial charge in [-0.3, -0.25) is 0 Å². The molecular weight excluding hydrogens is 218 g/mol. The summed E-state index contributed by atoms with van der Waals surface area (Å²) >= 11 is 0. The zero-order valence-corrected chi connectivity index (χ0v) is 10.4. The number of aliphatic hydroxyl groups excluding tert-OH is 1. The molecule has 17 heavy (non-hydrogen) atoms. The molecule has 1 unspecified atom stereocenters. The summed E-state index contributed by atoms with van der Waals surface area (Å²) in [5.74, 6) is 0. The van der Waals surface area contributed by atoms with Gasteiger partial charge in [0.15, 0.2) is 6.10 Å².